The fourth-order valence-corrected chi connectivity index (χ4v) is 4.46. The van der Waals surface area contributed by atoms with Crippen LogP contribution in [-0.2, 0) is 6.18 Å². The summed E-state index contributed by atoms with van der Waals surface area (Å²) in [6.45, 7) is 1.80. The lowest BCUT2D eigenvalue weighted by atomic mass is 10.1. The van der Waals surface area contributed by atoms with E-state index in [2.05, 4.69) is 25.5 Å². The van der Waals surface area contributed by atoms with E-state index in [1.807, 2.05) is 6.07 Å². The van der Waals surface area contributed by atoms with E-state index in [0.29, 0.717) is 21.9 Å². The second-order valence-corrected chi connectivity index (χ2v) is 8.40. The van der Waals surface area contributed by atoms with Crippen molar-refractivity contribution >= 4 is 39.0 Å². The third-order valence-corrected chi connectivity index (χ3v) is 6.12. The van der Waals surface area contributed by atoms with Crippen LogP contribution in [0.15, 0.2) is 64.3 Å². The van der Waals surface area contributed by atoms with Crippen LogP contribution in [0.3, 0.4) is 0 Å². The Morgan fingerprint density at radius 1 is 1.06 bits per heavy atom. The number of amides is 1. The molecule has 1 atom stereocenters. The van der Waals surface area contributed by atoms with Crippen LogP contribution in [-0.4, -0.2) is 30.6 Å². The minimum atomic E-state index is -4.66. The summed E-state index contributed by atoms with van der Waals surface area (Å²) in [7, 11) is 0. The highest BCUT2D eigenvalue weighted by atomic mass is 32.1. The molecule has 0 spiro atoms. The lowest BCUT2D eigenvalue weighted by molar-refractivity contribution is -0.141. The maximum absolute atomic E-state index is 13.2. The van der Waals surface area contributed by atoms with Crippen LogP contribution in [0.5, 0.6) is 0 Å². The molecule has 5 aromatic heterocycles. The van der Waals surface area contributed by atoms with E-state index >= 15 is 0 Å². The van der Waals surface area contributed by atoms with Gasteiger partial charge in [-0.05, 0) is 42.6 Å². The number of fused-ring (bicyclic) bond motifs is 3. The molecule has 1 N–H and O–H groups in total. The molecule has 0 aromatic carbocycles. The summed E-state index contributed by atoms with van der Waals surface area (Å²) in [6, 6.07) is 8.42. The van der Waals surface area contributed by atoms with Gasteiger partial charge in [0.2, 0.25) is 0 Å². The number of rotatable bonds is 4. The van der Waals surface area contributed by atoms with Gasteiger partial charge in [-0.15, -0.1) is 10.2 Å². The molecule has 0 bridgehead atoms. The van der Waals surface area contributed by atoms with Crippen molar-refractivity contribution in [2.24, 2.45) is 0 Å². The van der Waals surface area contributed by atoms with Gasteiger partial charge in [-0.1, -0.05) is 6.07 Å². The van der Waals surface area contributed by atoms with Gasteiger partial charge in [0, 0.05) is 28.5 Å². The number of thiophene rings is 1. The second kappa shape index (κ2) is 8.55. The zero-order valence-electron chi connectivity index (χ0n) is 17.9. The predicted octanol–water partition coefficient (Wildman–Crippen LogP) is 4.30. The topological polar surface area (TPSA) is 103 Å². The molecule has 5 heterocycles. The minimum absolute atomic E-state index is 0.116. The summed E-state index contributed by atoms with van der Waals surface area (Å²) in [5, 5.41) is 14.4. The molecule has 176 valence electrons. The van der Waals surface area contributed by atoms with Gasteiger partial charge < -0.3 is 5.32 Å². The van der Waals surface area contributed by atoms with Crippen LogP contribution in [0.25, 0.3) is 27.6 Å². The third-order valence-electron chi connectivity index (χ3n) is 5.38. The van der Waals surface area contributed by atoms with Gasteiger partial charge in [0.1, 0.15) is 5.65 Å². The molecule has 0 aliphatic heterocycles. The van der Waals surface area contributed by atoms with Crippen LogP contribution in [0.1, 0.15) is 34.7 Å². The average molecular weight is 496 g/mol. The van der Waals surface area contributed by atoms with E-state index in [-0.39, 0.29) is 23.1 Å². The molecular weight excluding hydrogens is 481 g/mol. The van der Waals surface area contributed by atoms with Gasteiger partial charge in [-0.2, -0.15) is 24.5 Å². The molecular formula is C23H15F3N6O2S. The van der Waals surface area contributed by atoms with E-state index in [0.717, 1.165) is 16.7 Å². The zero-order chi connectivity index (χ0) is 24.7. The quantitative estimate of drug-likeness (QED) is 0.398. The molecule has 5 rings (SSSR count). The van der Waals surface area contributed by atoms with Crippen molar-refractivity contribution in [3.63, 3.8) is 0 Å². The summed E-state index contributed by atoms with van der Waals surface area (Å²) in [6.07, 6.45) is -1.73. The lowest BCUT2D eigenvalue weighted by Crippen LogP contribution is -2.27. The number of carbonyl (C=O) groups is 1. The normalized spacial score (nSPS) is 12.7. The van der Waals surface area contributed by atoms with Gasteiger partial charge in [0.05, 0.1) is 22.7 Å². The summed E-state index contributed by atoms with van der Waals surface area (Å²) in [5.41, 5.74) is -0.606. The molecule has 8 nitrogen and oxygen atoms in total. The van der Waals surface area contributed by atoms with Gasteiger partial charge >= 0.3 is 6.18 Å². The van der Waals surface area contributed by atoms with Crippen LogP contribution in [0.4, 0.5) is 13.2 Å². The van der Waals surface area contributed by atoms with Crippen LogP contribution >= 0.6 is 11.3 Å². The molecule has 1 amide bonds. The summed E-state index contributed by atoms with van der Waals surface area (Å²) >= 11 is 1.28. The summed E-state index contributed by atoms with van der Waals surface area (Å²) < 4.78 is 39.8. The second-order valence-electron chi connectivity index (χ2n) is 7.66. The van der Waals surface area contributed by atoms with E-state index in [1.54, 1.807) is 42.1 Å². The largest absolute Gasteiger partial charge is 0.435 e. The van der Waals surface area contributed by atoms with Gasteiger partial charge in [-0.25, -0.2) is 9.55 Å². The standard InChI is InChI=1S/C23H15F3N6O2S/c1-12(17-4-2-3-7-27-17)29-21(33)13-8-14-15-10-35-11-16(15)22(34)32(20(14)28-9-13)19-6-5-18(30-31-19)23(24,25)26/h2-12H,1H3,(H,29,33)/t12-/m0/s1. The summed E-state index contributed by atoms with van der Waals surface area (Å²) in [4.78, 5) is 34.6. The van der Waals surface area contributed by atoms with Crippen molar-refractivity contribution in [3.8, 4) is 5.82 Å². The number of alkyl halides is 3. The number of pyridine rings is 3. The fraction of sp³-hybridized carbons (Fsp3) is 0.130. The average Bonchev–Trinajstić information content (AvgIpc) is 3.35. The highest BCUT2D eigenvalue weighted by molar-refractivity contribution is 7.09. The molecule has 0 radical (unpaired) electrons. The zero-order valence-corrected chi connectivity index (χ0v) is 18.8. The Balaban J connectivity index is 1.60. The van der Waals surface area contributed by atoms with Crippen LogP contribution in [0.2, 0.25) is 0 Å². The number of aromatic nitrogens is 5. The first-order valence-corrected chi connectivity index (χ1v) is 11.2. The molecule has 12 heteroatoms. The number of carbonyl (C=O) groups excluding carboxylic acids is 1. The van der Waals surface area contributed by atoms with Crippen molar-refractivity contribution in [1.82, 2.24) is 30.0 Å². The van der Waals surface area contributed by atoms with Gasteiger partial charge in [-0.3, -0.25) is 14.6 Å². The van der Waals surface area contributed by atoms with Crippen molar-refractivity contribution in [1.29, 1.82) is 0 Å². The predicted molar refractivity (Wildman–Crippen MR) is 123 cm³/mol. The smallest absolute Gasteiger partial charge is 0.344 e. The third kappa shape index (κ3) is 4.12. The maximum atomic E-state index is 13.2. The van der Waals surface area contributed by atoms with E-state index < -0.39 is 23.3 Å². The first kappa shape index (κ1) is 22.6. The molecule has 0 unspecified atom stereocenters. The minimum Gasteiger partial charge on any atom is -0.344 e. The number of hydrogen-bond acceptors (Lipinski definition) is 7. The Morgan fingerprint density at radius 3 is 2.54 bits per heavy atom. The number of nitrogens with zero attached hydrogens (tertiary/aromatic N) is 5. The molecule has 35 heavy (non-hydrogen) atoms. The number of hydrogen-bond donors (Lipinski definition) is 1. The Bertz CT molecular complexity index is 1610. The first-order valence-electron chi connectivity index (χ1n) is 10.3. The Labute approximate surface area is 199 Å². The van der Waals surface area contributed by atoms with Crippen LogP contribution in [0, 0.1) is 0 Å². The monoisotopic (exact) mass is 496 g/mol. The van der Waals surface area contributed by atoms with Crippen molar-refractivity contribution in [2.45, 2.75) is 19.1 Å². The fourth-order valence-electron chi connectivity index (χ4n) is 3.64. The first-order chi connectivity index (χ1) is 16.7. The van der Waals surface area contributed by atoms with E-state index in [1.165, 1.54) is 17.5 Å². The Morgan fingerprint density at radius 2 is 1.86 bits per heavy atom. The highest BCUT2D eigenvalue weighted by Gasteiger charge is 2.33. The molecule has 0 aliphatic rings. The highest BCUT2D eigenvalue weighted by Crippen LogP contribution is 2.29. The molecule has 0 aliphatic carbocycles. The van der Waals surface area contributed by atoms with E-state index in [9.17, 15) is 22.8 Å². The van der Waals surface area contributed by atoms with Crippen molar-refractivity contribution < 1.29 is 18.0 Å². The molecule has 0 fully saturated rings. The lowest BCUT2D eigenvalue weighted by Gasteiger charge is -2.14. The molecule has 5 aromatic rings. The Kier molecular flexibility index (Phi) is 5.52. The van der Waals surface area contributed by atoms with Gasteiger partial charge in [0.25, 0.3) is 11.5 Å². The van der Waals surface area contributed by atoms with E-state index in [4.69, 9.17) is 0 Å². The van der Waals surface area contributed by atoms with Crippen molar-refractivity contribution in [2.75, 3.05) is 0 Å². The molecule has 0 saturated heterocycles. The maximum Gasteiger partial charge on any atom is 0.435 e. The Hall–Kier alpha value is -4.19. The van der Waals surface area contributed by atoms with Crippen molar-refractivity contribution in [3.05, 3.63) is 86.9 Å². The summed E-state index contributed by atoms with van der Waals surface area (Å²) in [5.74, 6) is -0.511. The number of nitrogens with one attached hydrogen (secondary N) is 1. The van der Waals surface area contributed by atoms with Gasteiger partial charge in [0.15, 0.2) is 11.5 Å². The number of halogens is 3. The SMILES string of the molecule is C[C@H](NC(=O)c1cnc2c(c1)c1cscc1c(=O)n2-c1ccc(C(F)(F)F)nn1)c1ccccn1. The van der Waals surface area contributed by atoms with Crippen LogP contribution < -0.4 is 10.9 Å². The molecule has 0 saturated carbocycles.